The van der Waals surface area contributed by atoms with Gasteiger partial charge in [-0.05, 0) is 25.0 Å². The van der Waals surface area contributed by atoms with Gasteiger partial charge in [0.15, 0.2) is 0 Å². The zero-order chi connectivity index (χ0) is 12.0. The molecule has 0 aliphatic heterocycles. The fraction of sp³-hybridized carbons (Fsp3) is 0.333. The number of carbonyl (C=O) groups excluding carboxylic acids is 1. The first-order valence-corrected chi connectivity index (χ1v) is 5.11. The van der Waals surface area contributed by atoms with Gasteiger partial charge in [0, 0.05) is 0 Å². The van der Waals surface area contributed by atoms with E-state index in [0.29, 0.717) is 0 Å². The maximum atomic E-state index is 11.4. The molecule has 1 aromatic rings. The molecule has 0 atom stereocenters. The van der Waals surface area contributed by atoms with Crippen LogP contribution in [0.3, 0.4) is 0 Å². The molecule has 84 valence electrons. The van der Waals surface area contributed by atoms with Crippen LogP contribution in [-0.2, 0) is 16.0 Å². The summed E-state index contributed by atoms with van der Waals surface area (Å²) in [6.45, 7) is 3.92. The lowest BCUT2D eigenvalue weighted by Gasteiger charge is -2.01. The molecule has 0 heterocycles. The summed E-state index contributed by atoms with van der Waals surface area (Å²) in [5, 5.41) is 0. The highest BCUT2D eigenvalue weighted by molar-refractivity contribution is 6.34. The van der Waals surface area contributed by atoms with E-state index in [1.165, 1.54) is 0 Å². The van der Waals surface area contributed by atoms with Crippen molar-refractivity contribution >= 4 is 11.7 Å². The fourth-order valence-electron chi connectivity index (χ4n) is 1.35. The van der Waals surface area contributed by atoms with Crippen LogP contribution in [0, 0.1) is 6.92 Å². The molecule has 4 nitrogen and oxygen atoms in total. The van der Waals surface area contributed by atoms with Gasteiger partial charge in [-0.25, -0.2) is 4.79 Å². The lowest BCUT2D eigenvalue weighted by molar-refractivity contribution is -0.140. The number of hydrogen-bond acceptors (Lipinski definition) is 2. The first-order valence-electron chi connectivity index (χ1n) is 5.11. The van der Waals surface area contributed by atoms with Crippen molar-refractivity contribution in [3.63, 3.8) is 0 Å². The van der Waals surface area contributed by atoms with Crippen molar-refractivity contribution in [2.24, 2.45) is 0 Å². The smallest absolute Gasteiger partial charge is 0.417 e. The van der Waals surface area contributed by atoms with E-state index < -0.39 is 5.97 Å². The minimum Gasteiger partial charge on any atom is -0.457 e. The molecule has 1 rings (SSSR count). The summed E-state index contributed by atoms with van der Waals surface area (Å²) in [6.07, 6.45) is 0.280. The Kier molecular flexibility index (Phi) is 4.42. The summed E-state index contributed by atoms with van der Waals surface area (Å²) in [5.41, 5.74) is 10.8. The van der Waals surface area contributed by atoms with Gasteiger partial charge in [0.2, 0.25) is 0 Å². The number of rotatable bonds is 4. The maximum absolute atomic E-state index is 11.4. The molecule has 4 heteroatoms. The van der Waals surface area contributed by atoms with Gasteiger partial charge in [-0.2, -0.15) is 4.79 Å². The van der Waals surface area contributed by atoms with E-state index in [1.54, 1.807) is 6.92 Å². The monoisotopic (exact) mass is 218 g/mol. The molecule has 0 amide bonds. The maximum Gasteiger partial charge on any atom is 0.417 e. The van der Waals surface area contributed by atoms with E-state index in [1.807, 2.05) is 31.2 Å². The number of aryl methyl sites for hydroxylation is 1. The second kappa shape index (κ2) is 5.83. The molecule has 0 radical (unpaired) electrons. The Balaban J connectivity index is 2.84. The molecule has 0 bridgehead atoms. The van der Waals surface area contributed by atoms with E-state index in [-0.39, 0.29) is 18.7 Å². The number of benzene rings is 1. The van der Waals surface area contributed by atoms with Gasteiger partial charge < -0.3 is 10.3 Å². The predicted octanol–water partition coefficient (Wildman–Crippen LogP) is 1.77. The normalized spacial score (nSPS) is 9.38. The summed E-state index contributed by atoms with van der Waals surface area (Å²) in [7, 11) is 0. The van der Waals surface area contributed by atoms with Crippen molar-refractivity contribution in [1.29, 1.82) is 0 Å². The van der Waals surface area contributed by atoms with Crippen molar-refractivity contribution < 1.29 is 14.3 Å². The Hall–Kier alpha value is -1.93. The van der Waals surface area contributed by atoms with Crippen LogP contribution < -0.4 is 0 Å². The number of carbonyl (C=O) groups is 1. The van der Waals surface area contributed by atoms with Crippen molar-refractivity contribution in [2.45, 2.75) is 20.3 Å². The fourth-order valence-corrected chi connectivity index (χ4v) is 1.35. The predicted molar refractivity (Wildman–Crippen MR) is 60.1 cm³/mol. The highest BCUT2D eigenvalue weighted by atomic mass is 16.5. The molecule has 0 saturated carbocycles. The Morgan fingerprint density at radius 3 is 2.69 bits per heavy atom. The largest absolute Gasteiger partial charge is 0.457 e. The van der Waals surface area contributed by atoms with E-state index >= 15 is 0 Å². The van der Waals surface area contributed by atoms with Crippen LogP contribution in [-0.4, -0.2) is 23.1 Å². The van der Waals surface area contributed by atoms with E-state index in [9.17, 15) is 4.79 Å². The van der Waals surface area contributed by atoms with E-state index in [4.69, 9.17) is 10.3 Å². The number of esters is 1. The van der Waals surface area contributed by atoms with Gasteiger partial charge >= 0.3 is 11.7 Å². The summed E-state index contributed by atoms with van der Waals surface area (Å²) >= 11 is 0. The third-order valence-electron chi connectivity index (χ3n) is 2.25. The van der Waals surface area contributed by atoms with Crippen LogP contribution >= 0.6 is 0 Å². The SMILES string of the molecule is CCOC(=O)C(Cc1ccccc1C)=[N+]=[N-]. The summed E-state index contributed by atoms with van der Waals surface area (Å²) < 4.78 is 4.78. The number of ether oxygens (including phenoxy) is 1. The second-order valence-corrected chi connectivity index (χ2v) is 3.37. The standard InChI is InChI=1S/C12H14N2O2/c1-3-16-12(15)11(14-13)8-10-7-5-4-6-9(10)2/h4-7H,3,8H2,1-2H3. The lowest BCUT2D eigenvalue weighted by atomic mass is 10.0. The molecule has 0 saturated heterocycles. The molecule has 1 aromatic carbocycles. The van der Waals surface area contributed by atoms with Crippen LogP contribution in [0.25, 0.3) is 5.53 Å². The molecular weight excluding hydrogens is 204 g/mol. The Morgan fingerprint density at radius 2 is 2.12 bits per heavy atom. The molecule has 0 aliphatic rings. The molecule has 0 aliphatic carbocycles. The van der Waals surface area contributed by atoms with Crippen molar-refractivity contribution in [2.75, 3.05) is 6.61 Å². The van der Waals surface area contributed by atoms with Gasteiger partial charge in [0.05, 0.1) is 13.0 Å². The topological polar surface area (TPSA) is 62.7 Å². The number of nitrogens with zero attached hydrogens (tertiary/aromatic N) is 2. The Bertz CT molecular complexity index is 434. The van der Waals surface area contributed by atoms with Crippen LogP contribution in [0.15, 0.2) is 24.3 Å². The molecule has 0 N–H and O–H groups in total. The Labute approximate surface area is 94.5 Å². The Morgan fingerprint density at radius 1 is 1.44 bits per heavy atom. The minimum atomic E-state index is -0.576. The molecular formula is C12H14N2O2. The molecule has 0 spiro atoms. The minimum absolute atomic E-state index is 0.0242. The summed E-state index contributed by atoms with van der Waals surface area (Å²) in [4.78, 5) is 14.4. The van der Waals surface area contributed by atoms with Gasteiger partial charge in [-0.15, -0.1) is 0 Å². The van der Waals surface area contributed by atoms with Gasteiger partial charge in [-0.3, -0.25) is 0 Å². The zero-order valence-corrected chi connectivity index (χ0v) is 9.43. The van der Waals surface area contributed by atoms with Crippen LogP contribution in [0.4, 0.5) is 0 Å². The van der Waals surface area contributed by atoms with Crippen LogP contribution in [0.1, 0.15) is 18.1 Å². The number of hydrogen-bond donors (Lipinski definition) is 0. The van der Waals surface area contributed by atoms with Crippen molar-refractivity contribution in [1.82, 2.24) is 0 Å². The average molecular weight is 218 g/mol. The molecule has 0 fully saturated rings. The van der Waals surface area contributed by atoms with E-state index in [2.05, 4.69) is 4.79 Å². The van der Waals surface area contributed by atoms with Crippen molar-refractivity contribution in [3.05, 3.63) is 40.9 Å². The highest BCUT2D eigenvalue weighted by Gasteiger charge is 2.22. The molecule has 16 heavy (non-hydrogen) atoms. The van der Waals surface area contributed by atoms with Gasteiger partial charge in [-0.1, -0.05) is 24.3 Å². The molecule has 0 aromatic heterocycles. The van der Waals surface area contributed by atoms with E-state index in [0.717, 1.165) is 11.1 Å². The average Bonchev–Trinajstić information content (AvgIpc) is 2.28. The summed E-state index contributed by atoms with van der Waals surface area (Å²) in [6, 6.07) is 7.62. The van der Waals surface area contributed by atoms with Crippen LogP contribution in [0.2, 0.25) is 0 Å². The first-order chi connectivity index (χ1) is 7.69. The lowest BCUT2D eigenvalue weighted by Crippen LogP contribution is -2.21. The third-order valence-corrected chi connectivity index (χ3v) is 2.25. The third kappa shape index (κ3) is 3.04. The highest BCUT2D eigenvalue weighted by Crippen LogP contribution is 2.08. The van der Waals surface area contributed by atoms with Gasteiger partial charge in [0.25, 0.3) is 0 Å². The van der Waals surface area contributed by atoms with Crippen molar-refractivity contribution in [3.8, 4) is 0 Å². The first kappa shape index (κ1) is 12.1. The second-order valence-electron chi connectivity index (χ2n) is 3.37. The van der Waals surface area contributed by atoms with Gasteiger partial charge in [0.1, 0.15) is 0 Å². The zero-order valence-electron chi connectivity index (χ0n) is 9.43. The van der Waals surface area contributed by atoms with Crippen LogP contribution in [0.5, 0.6) is 0 Å². The molecule has 0 unspecified atom stereocenters. The summed E-state index contributed by atoms with van der Waals surface area (Å²) in [5.74, 6) is -0.576. The quantitative estimate of drug-likeness (QED) is 0.334.